The van der Waals surface area contributed by atoms with Gasteiger partial charge >= 0.3 is 0 Å². The van der Waals surface area contributed by atoms with Crippen molar-refractivity contribution in [3.05, 3.63) is 34.9 Å². The fourth-order valence-corrected chi connectivity index (χ4v) is 3.23. The van der Waals surface area contributed by atoms with Crippen molar-refractivity contribution in [2.45, 2.75) is 45.2 Å². The Morgan fingerprint density at radius 3 is 2.80 bits per heavy atom. The lowest BCUT2D eigenvalue weighted by Crippen LogP contribution is -2.19. The third kappa shape index (κ3) is 1.59. The third-order valence-electron chi connectivity index (χ3n) is 4.02. The van der Waals surface area contributed by atoms with Crippen LogP contribution in [0, 0.1) is 12.8 Å². The summed E-state index contributed by atoms with van der Waals surface area (Å²) in [5.41, 5.74) is 4.50. The summed E-state index contributed by atoms with van der Waals surface area (Å²) < 4.78 is 0. The molecule has 0 radical (unpaired) electrons. The zero-order chi connectivity index (χ0) is 10.3. The highest BCUT2D eigenvalue weighted by Gasteiger charge is 2.30. The van der Waals surface area contributed by atoms with Gasteiger partial charge < -0.3 is 5.32 Å². The molecule has 1 atom stereocenters. The SMILES string of the molecule is Cc1ccc2c(c1)CNC2C1CCCC1. The van der Waals surface area contributed by atoms with Crippen LogP contribution in [-0.4, -0.2) is 0 Å². The highest BCUT2D eigenvalue weighted by atomic mass is 14.9. The van der Waals surface area contributed by atoms with Gasteiger partial charge in [-0.25, -0.2) is 0 Å². The molecule has 1 aromatic rings. The van der Waals surface area contributed by atoms with E-state index < -0.39 is 0 Å². The molecule has 0 spiro atoms. The van der Waals surface area contributed by atoms with E-state index in [4.69, 9.17) is 0 Å². The first-order valence-electron chi connectivity index (χ1n) is 6.17. The first-order valence-corrected chi connectivity index (χ1v) is 6.17. The summed E-state index contributed by atoms with van der Waals surface area (Å²) in [5, 5.41) is 3.69. The predicted octanol–water partition coefficient (Wildman–Crippen LogP) is 3.33. The molecule has 0 amide bonds. The predicted molar refractivity (Wildman–Crippen MR) is 62.7 cm³/mol. The summed E-state index contributed by atoms with van der Waals surface area (Å²) in [5.74, 6) is 0.897. The largest absolute Gasteiger partial charge is 0.306 e. The van der Waals surface area contributed by atoms with Gasteiger partial charge in [0, 0.05) is 12.6 Å². The zero-order valence-corrected chi connectivity index (χ0v) is 9.42. The van der Waals surface area contributed by atoms with Crippen LogP contribution in [0.25, 0.3) is 0 Å². The van der Waals surface area contributed by atoms with Gasteiger partial charge in [-0.2, -0.15) is 0 Å². The minimum absolute atomic E-state index is 0.656. The van der Waals surface area contributed by atoms with Gasteiger partial charge in [-0.3, -0.25) is 0 Å². The Kier molecular flexibility index (Phi) is 2.28. The van der Waals surface area contributed by atoms with Crippen molar-refractivity contribution in [2.24, 2.45) is 5.92 Å². The number of hydrogen-bond donors (Lipinski definition) is 1. The number of nitrogens with one attached hydrogen (secondary N) is 1. The van der Waals surface area contributed by atoms with Crippen molar-refractivity contribution in [1.82, 2.24) is 5.32 Å². The maximum absolute atomic E-state index is 3.69. The molecule has 1 nitrogen and oxygen atoms in total. The van der Waals surface area contributed by atoms with E-state index in [1.165, 1.54) is 36.8 Å². The number of fused-ring (bicyclic) bond motifs is 1. The molecular weight excluding hydrogens is 182 g/mol. The summed E-state index contributed by atoms with van der Waals surface area (Å²) in [6.07, 6.45) is 5.71. The molecule has 1 aliphatic carbocycles. The molecule has 1 aromatic carbocycles. The summed E-state index contributed by atoms with van der Waals surface area (Å²) in [6, 6.07) is 7.60. The maximum atomic E-state index is 3.69. The van der Waals surface area contributed by atoms with Gasteiger partial charge in [-0.15, -0.1) is 0 Å². The number of benzene rings is 1. The Morgan fingerprint density at radius 2 is 2.00 bits per heavy atom. The van der Waals surface area contributed by atoms with Crippen LogP contribution in [0.3, 0.4) is 0 Å². The van der Waals surface area contributed by atoms with E-state index in [1.54, 1.807) is 5.56 Å². The fourth-order valence-electron chi connectivity index (χ4n) is 3.23. The zero-order valence-electron chi connectivity index (χ0n) is 9.42. The van der Waals surface area contributed by atoms with Gasteiger partial charge in [0.15, 0.2) is 0 Å². The molecule has 15 heavy (non-hydrogen) atoms. The average molecular weight is 201 g/mol. The minimum Gasteiger partial charge on any atom is -0.306 e. The van der Waals surface area contributed by atoms with Crippen molar-refractivity contribution in [3.8, 4) is 0 Å². The molecule has 1 fully saturated rings. The first-order chi connectivity index (χ1) is 7.34. The third-order valence-corrected chi connectivity index (χ3v) is 4.02. The van der Waals surface area contributed by atoms with E-state index >= 15 is 0 Å². The van der Waals surface area contributed by atoms with Crippen molar-refractivity contribution < 1.29 is 0 Å². The minimum atomic E-state index is 0.656. The lowest BCUT2D eigenvalue weighted by atomic mass is 9.91. The van der Waals surface area contributed by atoms with E-state index in [1.807, 2.05) is 0 Å². The van der Waals surface area contributed by atoms with Gasteiger partial charge in [0.1, 0.15) is 0 Å². The van der Waals surface area contributed by atoms with E-state index in [9.17, 15) is 0 Å². The molecule has 2 aliphatic rings. The Balaban J connectivity index is 1.90. The lowest BCUT2D eigenvalue weighted by Gasteiger charge is -2.19. The van der Waals surface area contributed by atoms with Gasteiger partial charge in [-0.05, 0) is 36.8 Å². The second-order valence-electron chi connectivity index (χ2n) is 5.11. The maximum Gasteiger partial charge on any atom is 0.0354 e. The summed E-state index contributed by atoms with van der Waals surface area (Å²) in [4.78, 5) is 0. The molecule has 3 rings (SSSR count). The van der Waals surface area contributed by atoms with Crippen LogP contribution >= 0.6 is 0 Å². The Labute approximate surface area is 91.9 Å². The average Bonchev–Trinajstić information content (AvgIpc) is 2.82. The molecule has 80 valence electrons. The van der Waals surface area contributed by atoms with E-state index in [0.717, 1.165) is 12.5 Å². The molecule has 0 bridgehead atoms. The van der Waals surface area contributed by atoms with Crippen LogP contribution < -0.4 is 5.32 Å². The second-order valence-corrected chi connectivity index (χ2v) is 5.11. The normalized spacial score (nSPS) is 25.8. The summed E-state index contributed by atoms with van der Waals surface area (Å²) in [6.45, 7) is 3.27. The Morgan fingerprint density at radius 1 is 1.20 bits per heavy atom. The molecule has 1 heteroatoms. The first kappa shape index (κ1) is 9.41. The Hall–Kier alpha value is -0.820. The van der Waals surface area contributed by atoms with E-state index in [2.05, 4.69) is 30.4 Å². The number of rotatable bonds is 1. The van der Waals surface area contributed by atoms with Crippen LogP contribution in [0.2, 0.25) is 0 Å². The van der Waals surface area contributed by atoms with E-state index in [-0.39, 0.29) is 0 Å². The van der Waals surface area contributed by atoms with Crippen LogP contribution in [0.5, 0.6) is 0 Å². The Bertz CT molecular complexity index is 364. The van der Waals surface area contributed by atoms with Gasteiger partial charge in [-0.1, -0.05) is 36.6 Å². The highest BCUT2D eigenvalue weighted by Crippen LogP contribution is 2.39. The fraction of sp³-hybridized carbons (Fsp3) is 0.571. The molecule has 1 heterocycles. The van der Waals surface area contributed by atoms with Crippen LogP contribution in [-0.2, 0) is 6.54 Å². The smallest absolute Gasteiger partial charge is 0.0354 e. The molecule has 1 saturated carbocycles. The van der Waals surface area contributed by atoms with Crippen LogP contribution in [0.1, 0.15) is 48.4 Å². The molecule has 1 unspecified atom stereocenters. The molecule has 0 aromatic heterocycles. The monoisotopic (exact) mass is 201 g/mol. The van der Waals surface area contributed by atoms with Crippen molar-refractivity contribution in [3.63, 3.8) is 0 Å². The van der Waals surface area contributed by atoms with Crippen molar-refractivity contribution in [1.29, 1.82) is 0 Å². The van der Waals surface area contributed by atoms with Crippen LogP contribution in [0.15, 0.2) is 18.2 Å². The molecule has 1 N–H and O–H groups in total. The molecule has 1 aliphatic heterocycles. The van der Waals surface area contributed by atoms with Gasteiger partial charge in [0.25, 0.3) is 0 Å². The van der Waals surface area contributed by atoms with Crippen LogP contribution in [0.4, 0.5) is 0 Å². The van der Waals surface area contributed by atoms with Crippen molar-refractivity contribution in [2.75, 3.05) is 0 Å². The van der Waals surface area contributed by atoms with Crippen molar-refractivity contribution >= 4 is 0 Å². The standard InChI is InChI=1S/C14H19N/c1-10-6-7-13-12(8-10)9-15-14(13)11-4-2-3-5-11/h6-8,11,14-15H,2-5,9H2,1H3. The lowest BCUT2D eigenvalue weighted by molar-refractivity contribution is 0.390. The molecule has 0 saturated heterocycles. The highest BCUT2D eigenvalue weighted by molar-refractivity contribution is 5.37. The quantitative estimate of drug-likeness (QED) is 0.735. The number of hydrogen-bond acceptors (Lipinski definition) is 1. The topological polar surface area (TPSA) is 12.0 Å². The number of aryl methyl sites for hydroxylation is 1. The summed E-state index contributed by atoms with van der Waals surface area (Å²) >= 11 is 0. The summed E-state index contributed by atoms with van der Waals surface area (Å²) in [7, 11) is 0. The second kappa shape index (κ2) is 3.64. The van der Waals surface area contributed by atoms with E-state index in [0.29, 0.717) is 6.04 Å². The van der Waals surface area contributed by atoms with Gasteiger partial charge in [0.2, 0.25) is 0 Å². The molecular formula is C14H19N. The van der Waals surface area contributed by atoms with Gasteiger partial charge in [0.05, 0.1) is 0 Å².